The zero-order valence-electron chi connectivity index (χ0n) is 10.7. The molecule has 1 unspecified atom stereocenters. The largest absolute Gasteiger partial charge is 0.364 e. The van der Waals surface area contributed by atoms with Crippen molar-refractivity contribution < 1.29 is 8.78 Å². The quantitative estimate of drug-likeness (QED) is 0.902. The van der Waals surface area contributed by atoms with E-state index in [4.69, 9.17) is 0 Å². The van der Waals surface area contributed by atoms with Gasteiger partial charge in [0, 0.05) is 5.69 Å². The van der Waals surface area contributed by atoms with Crippen molar-refractivity contribution >= 4 is 5.69 Å². The molecule has 0 amide bonds. The van der Waals surface area contributed by atoms with E-state index < -0.39 is 5.54 Å². The van der Waals surface area contributed by atoms with Gasteiger partial charge in [-0.3, -0.25) is 0 Å². The lowest BCUT2D eigenvalue weighted by molar-refractivity contribution is 0.607. The maximum atomic E-state index is 13.8. The van der Waals surface area contributed by atoms with Gasteiger partial charge in [0.25, 0.3) is 0 Å². The van der Waals surface area contributed by atoms with Gasteiger partial charge in [0.05, 0.1) is 6.07 Å². The van der Waals surface area contributed by atoms with Gasteiger partial charge >= 0.3 is 0 Å². The molecule has 4 heteroatoms. The molecule has 2 nitrogen and oxygen atoms in total. The van der Waals surface area contributed by atoms with Crippen LogP contribution in [0.5, 0.6) is 0 Å². The Bertz CT molecular complexity index is 706. The zero-order valence-corrected chi connectivity index (χ0v) is 10.7. The first kappa shape index (κ1) is 12.6. The van der Waals surface area contributed by atoms with E-state index in [1.165, 1.54) is 18.2 Å². The Balaban J connectivity index is 2.04. The molecule has 0 saturated heterocycles. The predicted molar refractivity (Wildman–Crippen MR) is 72.0 cm³/mol. The summed E-state index contributed by atoms with van der Waals surface area (Å²) in [4.78, 5) is 0. The van der Waals surface area contributed by atoms with Crippen molar-refractivity contribution in [2.75, 3.05) is 5.32 Å². The van der Waals surface area contributed by atoms with Gasteiger partial charge in [-0.15, -0.1) is 0 Å². The van der Waals surface area contributed by atoms with Crippen LogP contribution in [0.3, 0.4) is 0 Å². The average molecular weight is 270 g/mol. The molecule has 20 heavy (non-hydrogen) atoms. The fraction of sp³-hybridized carbons (Fsp3) is 0.188. The molecule has 0 aromatic heterocycles. The summed E-state index contributed by atoms with van der Waals surface area (Å²) in [7, 11) is 0. The van der Waals surface area contributed by atoms with Crippen LogP contribution in [0.25, 0.3) is 0 Å². The van der Waals surface area contributed by atoms with Crippen molar-refractivity contribution in [3.05, 3.63) is 65.2 Å². The highest BCUT2D eigenvalue weighted by Crippen LogP contribution is 2.40. The van der Waals surface area contributed by atoms with Crippen LogP contribution in [-0.4, -0.2) is 0 Å². The Morgan fingerprint density at radius 2 is 1.95 bits per heavy atom. The van der Waals surface area contributed by atoms with E-state index in [1.807, 2.05) is 0 Å². The maximum absolute atomic E-state index is 13.8. The number of anilines is 1. The molecule has 3 rings (SSSR count). The summed E-state index contributed by atoms with van der Waals surface area (Å²) in [5.41, 5.74) is 0.733. The first-order chi connectivity index (χ1) is 9.64. The number of hydrogen-bond acceptors (Lipinski definition) is 2. The van der Waals surface area contributed by atoms with E-state index in [2.05, 4.69) is 11.4 Å². The third kappa shape index (κ3) is 1.92. The fourth-order valence-electron chi connectivity index (χ4n) is 2.75. The van der Waals surface area contributed by atoms with E-state index in [0.717, 1.165) is 0 Å². The zero-order chi connectivity index (χ0) is 14.2. The standard InChI is InChI=1S/C16H12F2N2/c17-11-3-1-4-12(9-11)20-16(10-19)8-7-13-14(16)5-2-6-15(13)18/h1-6,9,20H,7-8H2. The van der Waals surface area contributed by atoms with Crippen molar-refractivity contribution in [1.82, 2.24) is 0 Å². The molecular formula is C16H12F2N2. The van der Waals surface area contributed by atoms with Gasteiger partial charge in [-0.1, -0.05) is 18.2 Å². The average Bonchev–Trinajstić information content (AvgIpc) is 2.80. The number of benzene rings is 2. The lowest BCUT2D eigenvalue weighted by Crippen LogP contribution is -2.31. The van der Waals surface area contributed by atoms with Crippen LogP contribution in [0.15, 0.2) is 42.5 Å². The Labute approximate surface area is 115 Å². The van der Waals surface area contributed by atoms with E-state index in [-0.39, 0.29) is 11.6 Å². The third-order valence-electron chi connectivity index (χ3n) is 3.70. The molecule has 2 aromatic rings. The van der Waals surface area contributed by atoms with E-state index in [1.54, 1.807) is 24.3 Å². The first-order valence-corrected chi connectivity index (χ1v) is 6.37. The number of fused-ring (bicyclic) bond motifs is 1. The van der Waals surface area contributed by atoms with Crippen molar-refractivity contribution in [1.29, 1.82) is 5.26 Å². The van der Waals surface area contributed by atoms with Crippen LogP contribution in [0.4, 0.5) is 14.5 Å². The predicted octanol–water partition coefficient (Wildman–Crippen LogP) is 3.74. The van der Waals surface area contributed by atoms with Gasteiger partial charge in [-0.25, -0.2) is 8.78 Å². The topological polar surface area (TPSA) is 35.8 Å². The molecule has 0 radical (unpaired) electrons. The van der Waals surface area contributed by atoms with Gasteiger partial charge in [-0.05, 0) is 48.2 Å². The number of halogens is 2. The van der Waals surface area contributed by atoms with Gasteiger partial charge in [0.1, 0.15) is 11.6 Å². The van der Waals surface area contributed by atoms with Crippen molar-refractivity contribution in [2.45, 2.75) is 18.4 Å². The van der Waals surface area contributed by atoms with Gasteiger partial charge < -0.3 is 5.32 Å². The molecule has 0 aliphatic heterocycles. The molecule has 0 fully saturated rings. The number of nitrogens with one attached hydrogen (secondary N) is 1. The second-order valence-electron chi connectivity index (χ2n) is 4.92. The van der Waals surface area contributed by atoms with Crippen LogP contribution in [0.2, 0.25) is 0 Å². The summed E-state index contributed by atoms with van der Waals surface area (Å²) in [6.45, 7) is 0. The summed E-state index contributed by atoms with van der Waals surface area (Å²) >= 11 is 0. The first-order valence-electron chi connectivity index (χ1n) is 6.37. The third-order valence-corrected chi connectivity index (χ3v) is 3.70. The van der Waals surface area contributed by atoms with Crippen LogP contribution >= 0.6 is 0 Å². The molecule has 1 aliphatic carbocycles. The van der Waals surface area contributed by atoms with Gasteiger partial charge in [-0.2, -0.15) is 5.26 Å². The summed E-state index contributed by atoms with van der Waals surface area (Å²) in [5.74, 6) is -0.666. The molecule has 0 heterocycles. The second kappa shape index (κ2) is 4.61. The number of nitrogens with zero attached hydrogens (tertiary/aromatic N) is 1. The SMILES string of the molecule is N#CC1(Nc2cccc(F)c2)CCc2c(F)cccc21. The molecule has 1 aliphatic rings. The number of nitriles is 1. The van der Waals surface area contributed by atoms with Crippen molar-refractivity contribution in [3.8, 4) is 6.07 Å². The van der Waals surface area contributed by atoms with E-state index in [9.17, 15) is 14.0 Å². The Kier molecular flexibility index (Phi) is 2.90. The number of rotatable bonds is 2. The highest BCUT2D eigenvalue weighted by Gasteiger charge is 2.40. The van der Waals surface area contributed by atoms with Crippen LogP contribution in [0, 0.1) is 23.0 Å². The number of hydrogen-bond donors (Lipinski definition) is 1. The summed E-state index contributed by atoms with van der Waals surface area (Å²) in [6.07, 6.45) is 0.966. The highest BCUT2D eigenvalue weighted by molar-refractivity contribution is 5.55. The minimum atomic E-state index is -0.995. The fourth-order valence-corrected chi connectivity index (χ4v) is 2.75. The molecule has 1 N–H and O–H groups in total. The van der Waals surface area contributed by atoms with Crippen LogP contribution in [0.1, 0.15) is 17.5 Å². The Morgan fingerprint density at radius 3 is 2.70 bits per heavy atom. The minimum Gasteiger partial charge on any atom is -0.364 e. The maximum Gasteiger partial charge on any atom is 0.151 e. The smallest absolute Gasteiger partial charge is 0.151 e. The molecular weight excluding hydrogens is 258 g/mol. The van der Waals surface area contributed by atoms with Gasteiger partial charge in [0.2, 0.25) is 0 Å². The summed E-state index contributed by atoms with van der Waals surface area (Å²) in [6, 6.07) is 12.9. The molecule has 1 atom stereocenters. The Hall–Kier alpha value is -2.41. The summed E-state index contributed by atoms with van der Waals surface area (Å²) < 4.78 is 27.0. The molecule has 0 bridgehead atoms. The minimum absolute atomic E-state index is 0.291. The molecule has 100 valence electrons. The van der Waals surface area contributed by atoms with Crippen molar-refractivity contribution in [2.24, 2.45) is 0 Å². The monoisotopic (exact) mass is 270 g/mol. The normalized spacial score (nSPS) is 20.2. The highest BCUT2D eigenvalue weighted by atomic mass is 19.1. The van der Waals surface area contributed by atoms with Crippen molar-refractivity contribution in [3.63, 3.8) is 0 Å². The Morgan fingerprint density at radius 1 is 1.15 bits per heavy atom. The molecule has 0 spiro atoms. The summed E-state index contributed by atoms with van der Waals surface area (Å²) in [5, 5.41) is 12.6. The molecule has 0 saturated carbocycles. The molecule has 2 aromatic carbocycles. The van der Waals surface area contributed by atoms with Crippen LogP contribution < -0.4 is 5.32 Å². The van der Waals surface area contributed by atoms with E-state index in [0.29, 0.717) is 29.7 Å². The lowest BCUT2D eigenvalue weighted by Gasteiger charge is -2.25. The van der Waals surface area contributed by atoms with Gasteiger partial charge in [0.15, 0.2) is 5.54 Å². The second-order valence-corrected chi connectivity index (χ2v) is 4.92. The lowest BCUT2D eigenvalue weighted by atomic mass is 9.93. The van der Waals surface area contributed by atoms with E-state index >= 15 is 0 Å². The van der Waals surface area contributed by atoms with Crippen LogP contribution in [-0.2, 0) is 12.0 Å².